The van der Waals surface area contributed by atoms with Gasteiger partial charge in [-0.3, -0.25) is 14.2 Å². The van der Waals surface area contributed by atoms with Gasteiger partial charge in [0.05, 0.1) is 17.3 Å². The normalized spacial score (nSPS) is 13.4. The fourth-order valence-electron chi connectivity index (χ4n) is 2.64. The lowest BCUT2D eigenvalue weighted by molar-refractivity contribution is -0.123. The van der Waals surface area contributed by atoms with Gasteiger partial charge in [-0.2, -0.15) is 0 Å². The molecule has 3 N–H and O–H groups in total. The Morgan fingerprint density at radius 2 is 2.15 bits per heavy atom. The van der Waals surface area contributed by atoms with Crippen molar-refractivity contribution in [3.63, 3.8) is 0 Å². The van der Waals surface area contributed by atoms with Gasteiger partial charge < -0.3 is 11.1 Å². The number of nitrogens with one attached hydrogen (secondary N) is 1. The molecule has 0 saturated carbocycles. The number of aromatic nitrogens is 2. The molecule has 146 valence electrons. The lowest BCUT2D eigenvalue weighted by Gasteiger charge is -2.33. The molecule has 3 rings (SSSR count). The summed E-state index contributed by atoms with van der Waals surface area (Å²) in [6.45, 7) is 6.17. The van der Waals surface area contributed by atoms with Crippen molar-refractivity contribution in [3.05, 3.63) is 39.6 Å². The zero-order chi connectivity index (χ0) is 18.9. The minimum absolute atomic E-state index is 0. The quantitative estimate of drug-likeness (QED) is 0.633. The van der Waals surface area contributed by atoms with Crippen LogP contribution in [0.4, 0.5) is 0 Å². The summed E-state index contributed by atoms with van der Waals surface area (Å²) in [6.07, 6.45) is 1.44. The first-order valence-corrected chi connectivity index (χ1v) is 10.1. The number of carbonyl (C=O) groups excluding carboxylic acids is 1. The first kappa shape index (κ1) is 21.6. The summed E-state index contributed by atoms with van der Waals surface area (Å²) in [5, 5.41) is 7.44. The summed E-state index contributed by atoms with van der Waals surface area (Å²) < 4.78 is 1.36. The summed E-state index contributed by atoms with van der Waals surface area (Å²) in [5.74, 6) is -0.0705. The number of hydrogen-bond donors (Lipinski definition) is 2. The second-order valence-corrected chi connectivity index (χ2v) is 8.61. The maximum Gasteiger partial charge on any atom is 0.263 e. The molecule has 9 heteroatoms. The topological polar surface area (TPSA) is 90.0 Å². The first-order chi connectivity index (χ1) is 12.4. The Kier molecular flexibility index (Phi) is 6.80. The van der Waals surface area contributed by atoms with E-state index in [2.05, 4.69) is 10.3 Å². The van der Waals surface area contributed by atoms with E-state index in [0.29, 0.717) is 16.8 Å². The number of carbonyl (C=O) groups is 1. The zero-order valence-electron chi connectivity index (χ0n) is 15.4. The van der Waals surface area contributed by atoms with Crippen LogP contribution >= 0.6 is 35.1 Å². The van der Waals surface area contributed by atoms with Gasteiger partial charge in [0.25, 0.3) is 5.56 Å². The lowest BCUT2D eigenvalue weighted by Crippen LogP contribution is -2.56. The Morgan fingerprint density at radius 3 is 2.74 bits per heavy atom. The van der Waals surface area contributed by atoms with Crippen LogP contribution in [0.3, 0.4) is 0 Å². The van der Waals surface area contributed by atoms with Crippen molar-refractivity contribution in [1.82, 2.24) is 14.9 Å². The predicted molar refractivity (Wildman–Crippen MR) is 115 cm³/mol. The number of amides is 1. The Morgan fingerprint density at radius 1 is 1.41 bits per heavy atom. The molecule has 0 aliphatic heterocycles. The third-order valence-corrected chi connectivity index (χ3v) is 6.57. The summed E-state index contributed by atoms with van der Waals surface area (Å²) in [7, 11) is 0. The van der Waals surface area contributed by atoms with E-state index in [0.717, 1.165) is 10.4 Å². The molecule has 3 aromatic rings. The van der Waals surface area contributed by atoms with E-state index in [9.17, 15) is 9.59 Å². The first-order valence-electron chi connectivity index (χ1n) is 8.37. The van der Waals surface area contributed by atoms with Crippen molar-refractivity contribution in [2.45, 2.75) is 32.9 Å². The number of rotatable bonds is 6. The summed E-state index contributed by atoms with van der Waals surface area (Å²) in [5.41, 5.74) is 5.99. The number of nitrogens with zero attached hydrogens (tertiary/aromatic N) is 2. The molecule has 1 atom stereocenters. The standard InChI is InChI=1S/C18H22N4O2S2.ClH/c1-11(2)18(3,9-19)21-14(23)7-22-10-20-16-15(17(22)24)12(8-26-16)13-5-4-6-25-13;/h4-6,8,10-11H,7,9,19H2,1-3H3,(H,21,23);1H. The van der Waals surface area contributed by atoms with Crippen LogP contribution in [0.1, 0.15) is 20.8 Å². The largest absolute Gasteiger partial charge is 0.348 e. The molecule has 0 aliphatic carbocycles. The molecule has 0 bridgehead atoms. The van der Waals surface area contributed by atoms with E-state index in [4.69, 9.17) is 5.73 Å². The summed E-state index contributed by atoms with van der Waals surface area (Å²) in [6, 6.07) is 3.93. The average molecular weight is 427 g/mol. The molecular weight excluding hydrogens is 404 g/mol. The highest BCUT2D eigenvalue weighted by Crippen LogP contribution is 2.33. The lowest BCUT2D eigenvalue weighted by atomic mass is 9.88. The third kappa shape index (κ3) is 4.24. The van der Waals surface area contributed by atoms with Crippen molar-refractivity contribution in [2.24, 2.45) is 11.7 Å². The molecule has 0 aromatic carbocycles. The molecule has 27 heavy (non-hydrogen) atoms. The number of hydrogen-bond acceptors (Lipinski definition) is 6. The van der Waals surface area contributed by atoms with Gasteiger partial charge in [0.15, 0.2) is 0 Å². The Bertz CT molecular complexity index is 981. The van der Waals surface area contributed by atoms with Gasteiger partial charge in [0.1, 0.15) is 11.4 Å². The van der Waals surface area contributed by atoms with Gasteiger partial charge in [-0.05, 0) is 24.3 Å². The predicted octanol–water partition coefficient (Wildman–Crippen LogP) is 3.10. The highest BCUT2D eigenvalue weighted by atomic mass is 35.5. The molecule has 0 fully saturated rings. The second-order valence-electron chi connectivity index (χ2n) is 6.81. The molecule has 6 nitrogen and oxygen atoms in total. The maximum atomic E-state index is 12.9. The maximum absolute atomic E-state index is 12.9. The van der Waals surface area contributed by atoms with Crippen LogP contribution in [-0.4, -0.2) is 27.5 Å². The Labute approximate surface area is 171 Å². The molecule has 1 unspecified atom stereocenters. The van der Waals surface area contributed by atoms with E-state index in [-0.39, 0.29) is 36.3 Å². The van der Waals surface area contributed by atoms with Crippen LogP contribution in [-0.2, 0) is 11.3 Å². The molecule has 0 spiro atoms. The Hall–Kier alpha value is -1.74. The van der Waals surface area contributed by atoms with Gasteiger partial charge in [-0.15, -0.1) is 35.1 Å². The van der Waals surface area contributed by atoms with E-state index in [1.807, 2.05) is 43.7 Å². The van der Waals surface area contributed by atoms with Gasteiger partial charge in [-0.1, -0.05) is 19.9 Å². The number of halogens is 1. The van der Waals surface area contributed by atoms with Crippen LogP contribution in [0.2, 0.25) is 0 Å². The number of fused-ring (bicyclic) bond motifs is 1. The number of nitrogens with two attached hydrogens (primary N) is 1. The third-order valence-electron chi connectivity index (χ3n) is 4.78. The average Bonchev–Trinajstić information content (AvgIpc) is 3.26. The fraction of sp³-hybridized carbons (Fsp3) is 0.389. The fourth-order valence-corrected chi connectivity index (χ4v) is 4.36. The van der Waals surface area contributed by atoms with Gasteiger partial charge in [-0.25, -0.2) is 4.98 Å². The monoisotopic (exact) mass is 426 g/mol. The molecule has 0 saturated heterocycles. The molecule has 0 radical (unpaired) electrons. The molecule has 0 aliphatic rings. The second kappa shape index (κ2) is 8.52. The smallest absolute Gasteiger partial charge is 0.263 e. The van der Waals surface area contributed by atoms with Crippen LogP contribution < -0.4 is 16.6 Å². The van der Waals surface area contributed by atoms with E-state index in [1.165, 1.54) is 22.2 Å². The Balaban J connectivity index is 0.00000261. The van der Waals surface area contributed by atoms with Crippen molar-refractivity contribution < 1.29 is 4.79 Å². The molecule has 1 amide bonds. The van der Waals surface area contributed by atoms with Crippen molar-refractivity contribution in [2.75, 3.05) is 6.54 Å². The van der Waals surface area contributed by atoms with Gasteiger partial charge in [0.2, 0.25) is 5.91 Å². The molecular formula is C18H23ClN4O2S2. The number of thiophene rings is 2. The van der Waals surface area contributed by atoms with Crippen LogP contribution in [0.25, 0.3) is 20.7 Å². The minimum Gasteiger partial charge on any atom is -0.348 e. The SMILES string of the molecule is CC(C)C(C)(CN)NC(=O)Cn1cnc2scc(-c3cccs3)c2c1=O.Cl. The summed E-state index contributed by atoms with van der Waals surface area (Å²) in [4.78, 5) is 31.5. The van der Waals surface area contributed by atoms with Gasteiger partial charge >= 0.3 is 0 Å². The summed E-state index contributed by atoms with van der Waals surface area (Å²) >= 11 is 3.01. The molecule has 3 heterocycles. The molecule has 3 aromatic heterocycles. The van der Waals surface area contributed by atoms with E-state index < -0.39 is 5.54 Å². The highest BCUT2D eigenvalue weighted by Gasteiger charge is 2.28. The van der Waals surface area contributed by atoms with Gasteiger partial charge in [0, 0.05) is 22.4 Å². The van der Waals surface area contributed by atoms with Crippen LogP contribution in [0.5, 0.6) is 0 Å². The van der Waals surface area contributed by atoms with E-state index >= 15 is 0 Å². The van der Waals surface area contributed by atoms with E-state index in [1.54, 1.807) is 11.3 Å². The minimum atomic E-state index is -0.511. The van der Waals surface area contributed by atoms with Crippen molar-refractivity contribution in [3.8, 4) is 10.4 Å². The van der Waals surface area contributed by atoms with Crippen molar-refractivity contribution >= 4 is 51.2 Å². The highest BCUT2D eigenvalue weighted by molar-refractivity contribution is 7.18. The van der Waals surface area contributed by atoms with Crippen molar-refractivity contribution in [1.29, 1.82) is 0 Å². The van der Waals surface area contributed by atoms with Crippen LogP contribution in [0.15, 0.2) is 34.0 Å². The van der Waals surface area contributed by atoms with Crippen LogP contribution in [0, 0.1) is 5.92 Å². The zero-order valence-corrected chi connectivity index (χ0v) is 17.8.